The summed E-state index contributed by atoms with van der Waals surface area (Å²) >= 11 is 6.36. The molecule has 110 valence electrons. The molecule has 2 heterocycles. The monoisotopic (exact) mass is 304 g/mol. The quantitative estimate of drug-likeness (QED) is 0.814. The molecule has 0 N–H and O–H groups in total. The lowest BCUT2D eigenvalue weighted by molar-refractivity contribution is -0.132. The number of rotatable bonds is 3. The zero-order valence-corrected chi connectivity index (χ0v) is 12.6. The molecule has 3 rings (SSSR count). The maximum absolute atomic E-state index is 12.7. The van der Waals surface area contributed by atoms with Crippen molar-refractivity contribution in [2.24, 2.45) is 0 Å². The number of aryl methyl sites for hydroxylation is 1. The Morgan fingerprint density at radius 1 is 1.43 bits per heavy atom. The van der Waals surface area contributed by atoms with Gasteiger partial charge in [0, 0.05) is 12.6 Å². The predicted octanol–water partition coefficient (Wildman–Crippen LogP) is 3.63. The van der Waals surface area contributed by atoms with E-state index in [2.05, 4.69) is 5.16 Å². The van der Waals surface area contributed by atoms with Crippen LogP contribution in [0.4, 0.5) is 0 Å². The summed E-state index contributed by atoms with van der Waals surface area (Å²) in [7, 11) is 0. The molecule has 2 aromatic rings. The fourth-order valence-corrected chi connectivity index (χ4v) is 3.05. The second kappa shape index (κ2) is 5.90. The topological polar surface area (TPSA) is 46.3 Å². The first-order valence-electron chi connectivity index (χ1n) is 7.09. The van der Waals surface area contributed by atoms with Gasteiger partial charge in [0.2, 0.25) is 5.91 Å². The number of benzene rings is 1. The van der Waals surface area contributed by atoms with Crippen molar-refractivity contribution in [1.29, 1.82) is 0 Å². The first-order chi connectivity index (χ1) is 10.2. The molecule has 1 amide bonds. The zero-order valence-electron chi connectivity index (χ0n) is 11.8. The van der Waals surface area contributed by atoms with E-state index < -0.39 is 5.38 Å². The lowest BCUT2D eigenvalue weighted by atomic mass is 10.1. The number of alkyl halides is 1. The number of halogens is 1. The van der Waals surface area contributed by atoms with Crippen molar-refractivity contribution in [1.82, 2.24) is 10.1 Å². The van der Waals surface area contributed by atoms with E-state index >= 15 is 0 Å². The molecule has 2 atom stereocenters. The van der Waals surface area contributed by atoms with Gasteiger partial charge in [0.25, 0.3) is 0 Å². The smallest absolute Gasteiger partial charge is 0.245 e. The molecule has 1 aliphatic rings. The van der Waals surface area contributed by atoms with E-state index in [1.807, 2.05) is 48.2 Å². The van der Waals surface area contributed by atoms with Crippen LogP contribution in [0.3, 0.4) is 0 Å². The van der Waals surface area contributed by atoms with Gasteiger partial charge >= 0.3 is 0 Å². The molecule has 21 heavy (non-hydrogen) atoms. The lowest BCUT2D eigenvalue weighted by Crippen LogP contribution is -2.33. The fourth-order valence-electron chi connectivity index (χ4n) is 2.78. The van der Waals surface area contributed by atoms with E-state index in [-0.39, 0.29) is 11.9 Å². The highest BCUT2D eigenvalue weighted by atomic mass is 35.5. The van der Waals surface area contributed by atoms with Crippen LogP contribution in [-0.2, 0) is 4.79 Å². The Morgan fingerprint density at radius 3 is 2.86 bits per heavy atom. The van der Waals surface area contributed by atoms with Crippen LogP contribution in [0.1, 0.15) is 41.3 Å². The molecule has 2 unspecified atom stereocenters. The van der Waals surface area contributed by atoms with Gasteiger partial charge in [-0.1, -0.05) is 35.5 Å². The van der Waals surface area contributed by atoms with Gasteiger partial charge in [0.1, 0.15) is 5.38 Å². The van der Waals surface area contributed by atoms with Gasteiger partial charge in [-0.15, -0.1) is 11.6 Å². The van der Waals surface area contributed by atoms with Crippen LogP contribution in [0, 0.1) is 6.92 Å². The van der Waals surface area contributed by atoms with Crippen LogP contribution in [0.15, 0.2) is 40.9 Å². The highest BCUT2D eigenvalue weighted by molar-refractivity contribution is 6.30. The standard InChI is InChI=1S/C16H17ClN2O2/c1-11-10-14(21-18-11)13-8-5-9-19(13)16(20)15(17)12-6-3-2-4-7-12/h2-4,6-7,10,13,15H,5,8-9H2,1H3. The summed E-state index contributed by atoms with van der Waals surface area (Å²) in [5, 5.41) is 3.26. The number of hydrogen-bond donors (Lipinski definition) is 0. The van der Waals surface area contributed by atoms with Crippen LogP contribution in [0.5, 0.6) is 0 Å². The summed E-state index contributed by atoms with van der Waals surface area (Å²) in [6, 6.07) is 11.3. The van der Waals surface area contributed by atoms with Crippen LogP contribution in [0.25, 0.3) is 0 Å². The Morgan fingerprint density at radius 2 is 2.19 bits per heavy atom. The molecule has 1 aliphatic heterocycles. The molecule has 4 nitrogen and oxygen atoms in total. The molecular weight excluding hydrogens is 288 g/mol. The summed E-state index contributed by atoms with van der Waals surface area (Å²) in [6.07, 6.45) is 1.84. The molecule has 5 heteroatoms. The SMILES string of the molecule is Cc1cc(C2CCCN2C(=O)C(Cl)c2ccccc2)on1. The number of hydrogen-bond acceptors (Lipinski definition) is 3. The molecule has 0 spiro atoms. The number of amides is 1. The Hall–Kier alpha value is -1.81. The molecule has 0 radical (unpaired) electrons. The summed E-state index contributed by atoms with van der Waals surface area (Å²) in [4.78, 5) is 14.5. The average Bonchev–Trinajstić information content (AvgIpc) is 3.15. The minimum Gasteiger partial charge on any atom is -0.359 e. The van der Waals surface area contributed by atoms with Gasteiger partial charge in [0.05, 0.1) is 11.7 Å². The van der Waals surface area contributed by atoms with E-state index in [9.17, 15) is 4.79 Å². The van der Waals surface area contributed by atoms with Gasteiger partial charge in [-0.25, -0.2) is 0 Å². The normalized spacial score (nSPS) is 19.7. The third-order valence-electron chi connectivity index (χ3n) is 3.82. The molecule has 0 saturated carbocycles. The van der Waals surface area contributed by atoms with Crippen LogP contribution < -0.4 is 0 Å². The largest absolute Gasteiger partial charge is 0.359 e. The summed E-state index contributed by atoms with van der Waals surface area (Å²) < 4.78 is 5.33. The molecule has 1 aromatic heterocycles. The highest BCUT2D eigenvalue weighted by Gasteiger charge is 2.35. The molecular formula is C16H17ClN2O2. The van der Waals surface area contributed by atoms with Crippen molar-refractivity contribution in [3.63, 3.8) is 0 Å². The second-order valence-corrected chi connectivity index (χ2v) is 5.77. The minimum atomic E-state index is -0.657. The van der Waals surface area contributed by atoms with E-state index in [1.165, 1.54) is 0 Å². The third kappa shape index (κ3) is 2.81. The first kappa shape index (κ1) is 14.1. The summed E-state index contributed by atoms with van der Waals surface area (Å²) in [5.41, 5.74) is 1.65. The van der Waals surface area contributed by atoms with E-state index in [4.69, 9.17) is 16.1 Å². The highest BCUT2D eigenvalue weighted by Crippen LogP contribution is 2.35. The average molecular weight is 305 g/mol. The molecule has 0 aliphatic carbocycles. The van der Waals surface area contributed by atoms with E-state index in [0.29, 0.717) is 6.54 Å². The molecule has 1 saturated heterocycles. The predicted molar refractivity (Wildman–Crippen MR) is 80.0 cm³/mol. The van der Waals surface area contributed by atoms with Crippen molar-refractivity contribution in [3.05, 3.63) is 53.4 Å². The first-order valence-corrected chi connectivity index (χ1v) is 7.53. The number of carbonyl (C=O) groups is 1. The zero-order chi connectivity index (χ0) is 14.8. The molecule has 1 aromatic carbocycles. The van der Waals surface area contributed by atoms with Gasteiger partial charge in [-0.3, -0.25) is 4.79 Å². The van der Waals surface area contributed by atoms with E-state index in [0.717, 1.165) is 29.9 Å². The Labute approximate surface area is 128 Å². The summed E-state index contributed by atoms with van der Waals surface area (Å²) in [6.45, 7) is 2.59. The lowest BCUT2D eigenvalue weighted by Gasteiger charge is -2.25. The van der Waals surface area contributed by atoms with Gasteiger partial charge in [0.15, 0.2) is 5.76 Å². The Balaban J connectivity index is 1.80. The van der Waals surface area contributed by atoms with Crippen molar-refractivity contribution >= 4 is 17.5 Å². The Bertz CT molecular complexity index is 626. The van der Waals surface area contributed by atoms with Gasteiger partial charge in [-0.2, -0.15) is 0 Å². The minimum absolute atomic E-state index is 0.0522. The van der Waals surface area contributed by atoms with Gasteiger partial charge < -0.3 is 9.42 Å². The Kier molecular flexibility index (Phi) is 3.97. The van der Waals surface area contributed by atoms with Crippen LogP contribution in [-0.4, -0.2) is 22.5 Å². The van der Waals surface area contributed by atoms with E-state index in [1.54, 1.807) is 0 Å². The number of carbonyl (C=O) groups excluding carboxylic acids is 1. The van der Waals surface area contributed by atoms with Crippen LogP contribution >= 0.6 is 11.6 Å². The van der Waals surface area contributed by atoms with Crippen molar-refractivity contribution in [3.8, 4) is 0 Å². The van der Waals surface area contributed by atoms with Crippen LogP contribution in [0.2, 0.25) is 0 Å². The third-order valence-corrected chi connectivity index (χ3v) is 4.26. The van der Waals surface area contributed by atoms with Crippen molar-refractivity contribution < 1.29 is 9.32 Å². The van der Waals surface area contributed by atoms with Crippen molar-refractivity contribution in [2.75, 3.05) is 6.54 Å². The number of likely N-dealkylation sites (tertiary alicyclic amines) is 1. The maximum atomic E-state index is 12.7. The fraction of sp³-hybridized carbons (Fsp3) is 0.375. The number of nitrogens with zero attached hydrogens (tertiary/aromatic N) is 2. The maximum Gasteiger partial charge on any atom is 0.245 e. The van der Waals surface area contributed by atoms with Gasteiger partial charge in [-0.05, 0) is 25.3 Å². The number of aromatic nitrogens is 1. The molecule has 1 fully saturated rings. The molecule has 0 bridgehead atoms. The second-order valence-electron chi connectivity index (χ2n) is 5.33. The summed E-state index contributed by atoms with van der Waals surface area (Å²) in [5.74, 6) is 0.676. The van der Waals surface area contributed by atoms with Crippen molar-refractivity contribution in [2.45, 2.75) is 31.2 Å².